The van der Waals surface area contributed by atoms with Crippen LogP contribution < -0.4 is 10.1 Å². The van der Waals surface area contributed by atoms with Gasteiger partial charge in [0.05, 0.1) is 12.1 Å². The first-order valence-electron chi connectivity index (χ1n) is 8.02. The number of amides is 2. The minimum atomic E-state index is -0.213. The van der Waals surface area contributed by atoms with E-state index in [1.807, 2.05) is 24.3 Å². The molecule has 2 heterocycles. The van der Waals surface area contributed by atoms with Gasteiger partial charge in [-0.3, -0.25) is 14.6 Å². The zero-order valence-electron chi connectivity index (χ0n) is 13.9. The van der Waals surface area contributed by atoms with E-state index in [1.165, 1.54) is 12.3 Å². The molecule has 6 heteroatoms. The van der Waals surface area contributed by atoms with Gasteiger partial charge in [0.1, 0.15) is 12.4 Å². The molecule has 3 rings (SSSR count). The molecule has 1 aromatic carbocycles. The van der Waals surface area contributed by atoms with Gasteiger partial charge in [-0.25, -0.2) is 0 Å². The van der Waals surface area contributed by atoms with Crippen LogP contribution in [0.25, 0.3) is 6.08 Å². The Morgan fingerprint density at radius 2 is 2.12 bits per heavy atom. The second-order valence-electron chi connectivity index (χ2n) is 5.64. The number of rotatable bonds is 3. The van der Waals surface area contributed by atoms with Crippen molar-refractivity contribution in [2.24, 2.45) is 0 Å². The smallest absolute Gasteiger partial charge is 0.252 e. The third-order valence-electron chi connectivity index (χ3n) is 3.93. The zero-order chi connectivity index (χ0) is 17.6. The summed E-state index contributed by atoms with van der Waals surface area (Å²) in [6.45, 7) is 1.49. The summed E-state index contributed by atoms with van der Waals surface area (Å²) in [5, 5.41) is 2.55. The average Bonchev–Trinajstić information content (AvgIpc) is 2.88. The van der Waals surface area contributed by atoms with Gasteiger partial charge in [-0.05, 0) is 23.8 Å². The Kier molecular flexibility index (Phi) is 5.09. The summed E-state index contributed by atoms with van der Waals surface area (Å²) in [5.41, 5.74) is 2.14. The molecule has 0 radical (unpaired) electrons. The Morgan fingerprint density at radius 3 is 2.96 bits per heavy atom. The predicted octanol–water partition coefficient (Wildman–Crippen LogP) is 1.88. The molecule has 25 heavy (non-hydrogen) atoms. The molecule has 0 aliphatic carbocycles. The molecule has 128 valence electrons. The number of hydrogen-bond donors (Lipinski definition) is 1. The summed E-state index contributed by atoms with van der Waals surface area (Å²) in [6.07, 6.45) is 6.26. The summed E-state index contributed by atoms with van der Waals surface area (Å²) < 4.78 is 5.67. The lowest BCUT2D eigenvalue weighted by Crippen LogP contribution is -2.30. The van der Waals surface area contributed by atoms with Crippen LogP contribution in [0.4, 0.5) is 0 Å². The molecule has 0 unspecified atom stereocenters. The van der Waals surface area contributed by atoms with Gasteiger partial charge in [0.15, 0.2) is 0 Å². The summed E-state index contributed by atoms with van der Waals surface area (Å²) in [7, 11) is 1.56. The van der Waals surface area contributed by atoms with E-state index in [0.717, 1.165) is 11.3 Å². The van der Waals surface area contributed by atoms with Crippen LogP contribution in [0.1, 0.15) is 21.5 Å². The number of benzene rings is 1. The Morgan fingerprint density at radius 1 is 1.28 bits per heavy atom. The highest BCUT2D eigenvalue weighted by Crippen LogP contribution is 2.22. The SMILES string of the molecule is CNC(=O)c1cncc(/C=C/C(=O)N2CCOc3ccccc3C2)c1. The van der Waals surface area contributed by atoms with Crippen LogP contribution in [0.5, 0.6) is 5.75 Å². The molecule has 6 nitrogen and oxygen atoms in total. The van der Waals surface area contributed by atoms with Crippen LogP contribution in [0.15, 0.2) is 48.8 Å². The number of nitrogens with one attached hydrogen (secondary N) is 1. The fourth-order valence-electron chi connectivity index (χ4n) is 2.60. The Balaban J connectivity index is 1.72. The van der Waals surface area contributed by atoms with Gasteiger partial charge in [0, 0.05) is 37.6 Å². The highest BCUT2D eigenvalue weighted by molar-refractivity contribution is 5.95. The molecule has 0 saturated carbocycles. The van der Waals surface area contributed by atoms with Crippen molar-refractivity contribution in [1.29, 1.82) is 0 Å². The molecule has 0 bridgehead atoms. The largest absolute Gasteiger partial charge is 0.491 e. The molecule has 0 saturated heterocycles. The van der Waals surface area contributed by atoms with Gasteiger partial charge in [-0.15, -0.1) is 0 Å². The van der Waals surface area contributed by atoms with Gasteiger partial charge in [-0.1, -0.05) is 18.2 Å². The minimum Gasteiger partial charge on any atom is -0.491 e. The first-order valence-corrected chi connectivity index (χ1v) is 8.02. The van der Waals surface area contributed by atoms with Crippen molar-refractivity contribution in [2.45, 2.75) is 6.54 Å². The molecular formula is C19H19N3O3. The molecule has 1 N–H and O–H groups in total. The van der Waals surface area contributed by atoms with E-state index in [1.54, 1.807) is 30.3 Å². The standard InChI is InChI=1S/C19H19N3O3/c1-20-19(24)16-10-14(11-21-12-16)6-7-18(23)22-8-9-25-17-5-3-2-4-15(17)13-22/h2-7,10-12H,8-9,13H2,1H3,(H,20,24)/b7-6+. The molecule has 0 atom stereocenters. The first-order chi connectivity index (χ1) is 12.2. The second-order valence-corrected chi connectivity index (χ2v) is 5.64. The maximum Gasteiger partial charge on any atom is 0.252 e. The van der Waals surface area contributed by atoms with Crippen LogP contribution in [-0.2, 0) is 11.3 Å². The molecular weight excluding hydrogens is 318 g/mol. The van der Waals surface area contributed by atoms with Crippen molar-refractivity contribution in [2.75, 3.05) is 20.2 Å². The summed E-state index contributed by atoms with van der Waals surface area (Å²) in [4.78, 5) is 29.9. The molecule has 1 aliphatic heterocycles. The number of carbonyl (C=O) groups excluding carboxylic acids is 2. The van der Waals surface area contributed by atoms with Crippen molar-refractivity contribution < 1.29 is 14.3 Å². The van der Waals surface area contributed by atoms with Crippen LogP contribution in [0, 0.1) is 0 Å². The fraction of sp³-hybridized carbons (Fsp3) is 0.211. The van der Waals surface area contributed by atoms with E-state index in [0.29, 0.717) is 30.8 Å². The van der Waals surface area contributed by atoms with Crippen LogP contribution in [0.3, 0.4) is 0 Å². The maximum absolute atomic E-state index is 12.5. The number of hydrogen-bond acceptors (Lipinski definition) is 4. The maximum atomic E-state index is 12.5. The lowest BCUT2D eigenvalue weighted by Gasteiger charge is -2.17. The van der Waals surface area contributed by atoms with Crippen LogP contribution >= 0.6 is 0 Å². The number of nitrogens with zero attached hydrogens (tertiary/aromatic N) is 2. The third-order valence-corrected chi connectivity index (χ3v) is 3.93. The van der Waals surface area contributed by atoms with Crippen molar-refractivity contribution in [3.63, 3.8) is 0 Å². The second kappa shape index (κ2) is 7.61. The third kappa shape index (κ3) is 4.03. The highest BCUT2D eigenvalue weighted by atomic mass is 16.5. The number of para-hydroxylation sites is 1. The number of fused-ring (bicyclic) bond motifs is 1. The summed E-state index contributed by atoms with van der Waals surface area (Å²) in [5.74, 6) is 0.505. The predicted molar refractivity (Wildman–Crippen MR) is 94.0 cm³/mol. The lowest BCUT2D eigenvalue weighted by molar-refractivity contribution is -0.126. The highest BCUT2D eigenvalue weighted by Gasteiger charge is 2.17. The number of ether oxygens (including phenoxy) is 1. The molecule has 1 aromatic heterocycles. The van der Waals surface area contributed by atoms with Gasteiger partial charge in [-0.2, -0.15) is 0 Å². The topological polar surface area (TPSA) is 71.5 Å². The van der Waals surface area contributed by atoms with Gasteiger partial charge >= 0.3 is 0 Å². The number of aromatic nitrogens is 1. The van der Waals surface area contributed by atoms with Crippen molar-refractivity contribution in [3.8, 4) is 5.75 Å². The van der Waals surface area contributed by atoms with E-state index in [2.05, 4.69) is 10.3 Å². The van der Waals surface area contributed by atoms with Crippen LogP contribution in [-0.4, -0.2) is 41.9 Å². The van der Waals surface area contributed by atoms with Crippen molar-refractivity contribution in [1.82, 2.24) is 15.2 Å². The Hall–Kier alpha value is -3.15. The van der Waals surface area contributed by atoms with Crippen LogP contribution in [0.2, 0.25) is 0 Å². The lowest BCUT2D eigenvalue weighted by atomic mass is 10.1. The van der Waals surface area contributed by atoms with E-state index < -0.39 is 0 Å². The normalized spacial score (nSPS) is 13.7. The molecule has 2 amide bonds. The Bertz CT molecular complexity index is 817. The van der Waals surface area contributed by atoms with E-state index in [9.17, 15) is 9.59 Å². The summed E-state index contributed by atoms with van der Waals surface area (Å²) in [6, 6.07) is 9.41. The van der Waals surface area contributed by atoms with Crippen molar-refractivity contribution in [3.05, 3.63) is 65.5 Å². The molecule has 2 aromatic rings. The molecule has 0 spiro atoms. The monoisotopic (exact) mass is 337 g/mol. The van der Waals surface area contributed by atoms with Crippen molar-refractivity contribution >= 4 is 17.9 Å². The Labute approximate surface area is 146 Å². The number of carbonyl (C=O) groups is 2. The van der Waals surface area contributed by atoms with Gasteiger partial charge in [0.2, 0.25) is 5.91 Å². The van der Waals surface area contributed by atoms with E-state index in [4.69, 9.17) is 4.74 Å². The minimum absolute atomic E-state index is 0.106. The molecule has 1 aliphatic rings. The van der Waals surface area contributed by atoms with E-state index >= 15 is 0 Å². The zero-order valence-corrected chi connectivity index (χ0v) is 13.9. The van der Waals surface area contributed by atoms with Gasteiger partial charge < -0.3 is 15.0 Å². The quantitative estimate of drug-likeness (QED) is 0.868. The molecule has 0 fully saturated rings. The van der Waals surface area contributed by atoms with E-state index in [-0.39, 0.29) is 11.8 Å². The number of pyridine rings is 1. The summed E-state index contributed by atoms with van der Waals surface area (Å²) >= 11 is 0. The average molecular weight is 337 g/mol. The van der Waals surface area contributed by atoms with Gasteiger partial charge in [0.25, 0.3) is 5.91 Å². The first kappa shape index (κ1) is 16.7. The fourth-order valence-corrected chi connectivity index (χ4v) is 2.60.